The van der Waals surface area contributed by atoms with Crippen LogP contribution < -0.4 is 5.32 Å². The molecule has 0 aliphatic carbocycles. The molecule has 0 aliphatic heterocycles. The number of pyridine rings is 1. The molecule has 9 nitrogen and oxygen atoms in total. The summed E-state index contributed by atoms with van der Waals surface area (Å²) < 4.78 is 1.84. The Hall–Kier alpha value is -3.62. The van der Waals surface area contributed by atoms with Gasteiger partial charge in [0.25, 0.3) is 5.91 Å². The number of carbonyl (C=O) groups excluding carboxylic acids is 1. The number of aromatic nitrogens is 7. The Bertz CT molecular complexity index is 1080. The largest absolute Gasteiger partial charge is 0.345 e. The molecule has 0 aliphatic rings. The van der Waals surface area contributed by atoms with Crippen LogP contribution in [0.5, 0.6) is 0 Å². The van der Waals surface area contributed by atoms with Gasteiger partial charge in [-0.15, -0.1) is 20.4 Å². The van der Waals surface area contributed by atoms with Crippen LogP contribution in [0.3, 0.4) is 0 Å². The van der Waals surface area contributed by atoms with E-state index in [1.165, 1.54) is 0 Å². The minimum absolute atomic E-state index is 0.143. The molecule has 0 radical (unpaired) electrons. The lowest BCUT2D eigenvalue weighted by Crippen LogP contribution is -2.23. The molecule has 1 N–H and O–H groups in total. The molecule has 136 valence electrons. The fourth-order valence-corrected chi connectivity index (χ4v) is 2.60. The number of amides is 1. The van der Waals surface area contributed by atoms with Gasteiger partial charge in [0.2, 0.25) is 5.82 Å². The van der Waals surface area contributed by atoms with Gasteiger partial charge in [-0.25, -0.2) is 0 Å². The smallest absolute Gasteiger partial charge is 0.251 e. The third-order valence-electron chi connectivity index (χ3n) is 4.09. The van der Waals surface area contributed by atoms with Crippen molar-refractivity contribution in [1.82, 2.24) is 40.1 Å². The quantitative estimate of drug-likeness (QED) is 0.582. The molecular weight excluding hydrogens is 344 g/mol. The highest BCUT2D eigenvalue weighted by Gasteiger charge is 2.11. The maximum atomic E-state index is 12.4. The van der Waals surface area contributed by atoms with Gasteiger partial charge in [-0.2, -0.15) is 4.80 Å². The van der Waals surface area contributed by atoms with E-state index in [0.717, 1.165) is 11.2 Å². The number of hydrogen-bond donors (Lipinski definition) is 1. The normalized spacial score (nSPS) is 11.2. The molecule has 9 heteroatoms. The summed E-state index contributed by atoms with van der Waals surface area (Å²) in [4.78, 5) is 14.0. The second-order valence-electron chi connectivity index (χ2n) is 6.33. The molecule has 1 amide bonds. The molecule has 4 rings (SSSR count). The predicted octanol–water partition coefficient (Wildman–Crippen LogP) is 1.89. The Morgan fingerprint density at radius 1 is 1.07 bits per heavy atom. The molecule has 0 atom stereocenters. The molecule has 3 aromatic heterocycles. The summed E-state index contributed by atoms with van der Waals surface area (Å²) in [6, 6.07) is 12.9. The van der Waals surface area contributed by atoms with Crippen molar-refractivity contribution in [1.29, 1.82) is 0 Å². The van der Waals surface area contributed by atoms with Crippen LogP contribution in [-0.4, -0.2) is 40.7 Å². The van der Waals surface area contributed by atoms with Crippen LogP contribution in [0, 0.1) is 0 Å². The van der Waals surface area contributed by atoms with E-state index in [0.29, 0.717) is 17.2 Å². The van der Waals surface area contributed by atoms with Crippen molar-refractivity contribution >= 4 is 11.6 Å². The highest BCUT2D eigenvalue weighted by Crippen LogP contribution is 2.15. The van der Waals surface area contributed by atoms with Gasteiger partial charge in [0.05, 0.1) is 12.6 Å². The number of carbonyl (C=O) groups is 1. The number of tetrazole rings is 1. The molecule has 4 aromatic rings. The van der Waals surface area contributed by atoms with Crippen LogP contribution in [0.15, 0.2) is 48.7 Å². The highest BCUT2D eigenvalue weighted by molar-refractivity contribution is 5.94. The molecule has 0 unspecified atom stereocenters. The van der Waals surface area contributed by atoms with Crippen molar-refractivity contribution in [2.45, 2.75) is 26.4 Å². The minimum Gasteiger partial charge on any atom is -0.345 e. The zero-order chi connectivity index (χ0) is 18.8. The first-order valence-electron chi connectivity index (χ1n) is 8.58. The van der Waals surface area contributed by atoms with E-state index < -0.39 is 0 Å². The number of benzene rings is 1. The molecule has 0 bridgehead atoms. The van der Waals surface area contributed by atoms with Crippen molar-refractivity contribution in [3.63, 3.8) is 0 Å². The average Bonchev–Trinajstić information content (AvgIpc) is 3.34. The van der Waals surface area contributed by atoms with Crippen LogP contribution in [0.25, 0.3) is 17.0 Å². The summed E-state index contributed by atoms with van der Waals surface area (Å²) >= 11 is 0. The van der Waals surface area contributed by atoms with E-state index in [9.17, 15) is 4.79 Å². The van der Waals surface area contributed by atoms with E-state index in [2.05, 4.69) is 30.9 Å². The zero-order valence-electron chi connectivity index (χ0n) is 14.9. The maximum absolute atomic E-state index is 12.4. The molecule has 0 fully saturated rings. The zero-order valence-corrected chi connectivity index (χ0v) is 14.9. The molecule has 3 heterocycles. The SMILES string of the molecule is CC(C)n1nnc(-c2ccc(C(=O)NCc3nnc4ccccn34)cc2)n1. The number of hydrogen-bond acceptors (Lipinski definition) is 6. The Kier molecular flexibility index (Phi) is 4.33. The van der Waals surface area contributed by atoms with Crippen LogP contribution >= 0.6 is 0 Å². The van der Waals surface area contributed by atoms with Crippen molar-refractivity contribution in [3.8, 4) is 11.4 Å². The van der Waals surface area contributed by atoms with Gasteiger partial charge in [0.15, 0.2) is 11.5 Å². The Labute approximate surface area is 155 Å². The summed E-state index contributed by atoms with van der Waals surface area (Å²) in [6.45, 7) is 4.25. The topological polar surface area (TPSA) is 103 Å². The van der Waals surface area contributed by atoms with Crippen LogP contribution in [0.1, 0.15) is 36.1 Å². The minimum atomic E-state index is -0.187. The van der Waals surface area contributed by atoms with Gasteiger partial charge in [-0.05, 0) is 43.3 Å². The third-order valence-corrected chi connectivity index (χ3v) is 4.09. The number of fused-ring (bicyclic) bond motifs is 1. The summed E-state index contributed by atoms with van der Waals surface area (Å²) in [5.74, 6) is 1.02. The molecule has 0 saturated heterocycles. The first kappa shape index (κ1) is 16.8. The number of rotatable bonds is 5. The fraction of sp³-hybridized carbons (Fsp3) is 0.222. The van der Waals surface area contributed by atoms with Gasteiger partial charge < -0.3 is 5.32 Å². The van der Waals surface area contributed by atoms with E-state index >= 15 is 0 Å². The van der Waals surface area contributed by atoms with E-state index in [1.54, 1.807) is 16.9 Å². The standard InChI is InChI=1S/C18H18N8O/c1-12(2)26-23-17(22-24-26)13-6-8-14(9-7-13)18(27)19-11-16-21-20-15-5-3-4-10-25(15)16/h3-10,12H,11H2,1-2H3,(H,19,27). The lowest BCUT2D eigenvalue weighted by atomic mass is 10.1. The highest BCUT2D eigenvalue weighted by atomic mass is 16.1. The van der Waals surface area contributed by atoms with Crippen molar-refractivity contribution in [2.24, 2.45) is 0 Å². The van der Waals surface area contributed by atoms with Crippen LogP contribution in [0.4, 0.5) is 0 Å². The lowest BCUT2D eigenvalue weighted by Gasteiger charge is -2.05. The maximum Gasteiger partial charge on any atom is 0.251 e. The van der Waals surface area contributed by atoms with Crippen LogP contribution in [0.2, 0.25) is 0 Å². The molecule has 0 spiro atoms. The summed E-state index contributed by atoms with van der Waals surface area (Å²) in [5.41, 5.74) is 2.10. The van der Waals surface area contributed by atoms with E-state index in [-0.39, 0.29) is 18.5 Å². The first-order chi connectivity index (χ1) is 13.1. The van der Waals surface area contributed by atoms with Gasteiger partial charge in [-0.1, -0.05) is 18.2 Å². The second kappa shape index (κ2) is 6.94. The molecule has 1 aromatic carbocycles. The van der Waals surface area contributed by atoms with Crippen molar-refractivity contribution in [3.05, 3.63) is 60.0 Å². The average molecular weight is 362 g/mol. The number of nitrogens with one attached hydrogen (secondary N) is 1. The fourth-order valence-electron chi connectivity index (χ4n) is 2.60. The number of nitrogens with zero attached hydrogens (tertiary/aromatic N) is 7. The Morgan fingerprint density at radius 2 is 1.89 bits per heavy atom. The monoisotopic (exact) mass is 362 g/mol. The summed E-state index contributed by atoms with van der Waals surface area (Å²) in [5, 5.41) is 23.4. The Balaban J connectivity index is 1.44. The van der Waals surface area contributed by atoms with E-state index in [4.69, 9.17) is 0 Å². The molecular formula is C18H18N8O. The van der Waals surface area contributed by atoms with Gasteiger partial charge in [-0.3, -0.25) is 9.20 Å². The van der Waals surface area contributed by atoms with E-state index in [1.807, 2.05) is 54.8 Å². The van der Waals surface area contributed by atoms with Gasteiger partial charge >= 0.3 is 0 Å². The lowest BCUT2D eigenvalue weighted by molar-refractivity contribution is 0.0950. The van der Waals surface area contributed by atoms with Crippen molar-refractivity contribution < 1.29 is 4.79 Å². The molecule has 0 saturated carbocycles. The summed E-state index contributed by atoms with van der Waals surface area (Å²) in [7, 11) is 0. The summed E-state index contributed by atoms with van der Waals surface area (Å²) in [6.07, 6.45) is 1.86. The van der Waals surface area contributed by atoms with Gasteiger partial charge in [0, 0.05) is 17.3 Å². The third kappa shape index (κ3) is 3.39. The van der Waals surface area contributed by atoms with Crippen LogP contribution in [-0.2, 0) is 6.54 Å². The van der Waals surface area contributed by atoms with Gasteiger partial charge in [0.1, 0.15) is 0 Å². The second-order valence-corrected chi connectivity index (χ2v) is 6.33. The molecule has 27 heavy (non-hydrogen) atoms. The Morgan fingerprint density at radius 3 is 2.63 bits per heavy atom. The first-order valence-corrected chi connectivity index (χ1v) is 8.58. The van der Waals surface area contributed by atoms with Crippen molar-refractivity contribution in [2.75, 3.05) is 0 Å². The predicted molar refractivity (Wildman–Crippen MR) is 97.8 cm³/mol.